The molecule has 0 aliphatic carbocycles. The lowest BCUT2D eigenvalue weighted by molar-refractivity contribution is -0.132. The summed E-state index contributed by atoms with van der Waals surface area (Å²) in [4.78, 5) is 28.1. The number of hydrogen-bond acceptors (Lipinski definition) is 7. The van der Waals surface area contributed by atoms with E-state index < -0.39 is 0 Å². The standard InChI is InChI=1S/C25H26N8O/c1-17-8-9-20(16-32(17)18(2)34)25-29-23(19-5-4-10-26-15-19)14-24(30-25)28-21-6-3-7-22(13-21)33-12-11-27-31-33/h3-7,10-15,17,20H,8-9,16H2,1-2H3,(H,28,29,30)/t17-,20+/m0/s1. The Balaban J connectivity index is 1.50. The number of nitrogens with one attached hydrogen (secondary N) is 1. The summed E-state index contributed by atoms with van der Waals surface area (Å²) in [5.41, 5.74) is 3.47. The van der Waals surface area contributed by atoms with Gasteiger partial charge in [-0.25, -0.2) is 14.6 Å². The Bertz CT molecular complexity index is 1280. The second kappa shape index (κ2) is 9.38. The van der Waals surface area contributed by atoms with Crippen LogP contribution < -0.4 is 5.32 Å². The van der Waals surface area contributed by atoms with Crippen molar-refractivity contribution >= 4 is 17.4 Å². The van der Waals surface area contributed by atoms with Crippen LogP contribution in [0, 0.1) is 0 Å². The van der Waals surface area contributed by atoms with E-state index >= 15 is 0 Å². The van der Waals surface area contributed by atoms with Crippen LogP contribution in [0.5, 0.6) is 0 Å². The molecule has 0 spiro atoms. The number of carbonyl (C=O) groups excluding carboxylic acids is 1. The van der Waals surface area contributed by atoms with Gasteiger partial charge in [-0.2, -0.15) is 0 Å². The van der Waals surface area contributed by atoms with E-state index in [1.54, 1.807) is 36.4 Å². The van der Waals surface area contributed by atoms with E-state index in [-0.39, 0.29) is 17.9 Å². The smallest absolute Gasteiger partial charge is 0.219 e. The van der Waals surface area contributed by atoms with Gasteiger partial charge in [0.1, 0.15) is 11.6 Å². The van der Waals surface area contributed by atoms with Crippen molar-refractivity contribution in [2.24, 2.45) is 0 Å². The Morgan fingerprint density at radius 2 is 2.00 bits per heavy atom. The monoisotopic (exact) mass is 454 g/mol. The quantitative estimate of drug-likeness (QED) is 0.487. The molecule has 1 aliphatic heterocycles. The SMILES string of the molecule is CC(=O)N1C[C@H](c2nc(Nc3cccc(-n4ccnn4)c3)cc(-c3cccnc3)n2)CC[C@@H]1C. The molecule has 4 aromatic rings. The van der Waals surface area contributed by atoms with Gasteiger partial charge in [0, 0.05) is 55.1 Å². The third-order valence-corrected chi connectivity index (χ3v) is 6.16. The molecule has 1 amide bonds. The van der Waals surface area contributed by atoms with Crippen LogP contribution in [0.4, 0.5) is 11.5 Å². The fourth-order valence-electron chi connectivity index (χ4n) is 4.35. The van der Waals surface area contributed by atoms with Crippen LogP contribution in [0.15, 0.2) is 67.3 Å². The number of aromatic nitrogens is 6. The molecule has 1 aromatic carbocycles. The average Bonchev–Trinajstić information content (AvgIpc) is 3.40. The van der Waals surface area contributed by atoms with Gasteiger partial charge < -0.3 is 10.2 Å². The highest BCUT2D eigenvalue weighted by Crippen LogP contribution is 2.31. The Kier molecular flexibility index (Phi) is 5.99. The van der Waals surface area contributed by atoms with Gasteiger partial charge in [0.2, 0.25) is 5.91 Å². The molecule has 4 heterocycles. The molecule has 0 saturated carbocycles. The third-order valence-electron chi connectivity index (χ3n) is 6.16. The molecule has 2 atom stereocenters. The molecule has 1 aliphatic rings. The van der Waals surface area contributed by atoms with Crippen LogP contribution in [0.1, 0.15) is 38.4 Å². The van der Waals surface area contributed by atoms with Crippen LogP contribution >= 0.6 is 0 Å². The zero-order valence-electron chi connectivity index (χ0n) is 19.2. The van der Waals surface area contributed by atoms with Gasteiger partial charge in [-0.05, 0) is 50.1 Å². The maximum atomic E-state index is 12.2. The molecular formula is C25H26N8O. The number of nitrogens with zero attached hydrogens (tertiary/aromatic N) is 7. The maximum Gasteiger partial charge on any atom is 0.219 e. The molecule has 172 valence electrons. The van der Waals surface area contributed by atoms with Crippen molar-refractivity contribution in [3.05, 3.63) is 73.1 Å². The van der Waals surface area contributed by atoms with Gasteiger partial charge in [-0.15, -0.1) is 5.10 Å². The molecule has 5 rings (SSSR count). The minimum atomic E-state index is 0.0683. The number of amides is 1. The molecule has 0 unspecified atom stereocenters. The van der Waals surface area contributed by atoms with Crippen molar-refractivity contribution in [2.75, 3.05) is 11.9 Å². The van der Waals surface area contributed by atoms with Crippen LogP contribution in [0.25, 0.3) is 16.9 Å². The van der Waals surface area contributed by atoms with Gasteiger partial charge in [0.15, 0.2) is 0 Å². The van der Waals surface area contributed by atoms with Crippen molar-refractivity contribution < 1.29 is 4.79 Å². The summed E-state index contributed by atoms with van der Waals surface area (Å²) in [5, 5.41) is 11.4. The largest absolute Gasteiger partial charge is 0.340 e. The first-order valence-electron chi connectivity index (χ1n) is 11.4. The van der Waals surface area contributed by atoms with Crippen LogP contribution in [-0.4, -0.2) is 53.3 Å². The number of pyridine rings is 1. The summed E-state index contributed by atoms with van der Waals surface area (Å²) < 4.78 is 1.71. The second-order valence-corrected chi connectivity index (χ2v) is 8.56. The number of benzene rings is 1. The van der Waals surface area contributed by atoms with Crippen LogP contribution in [0.2, 0.25) is 0 Å². The summed E-state index contributed by atoms with van der Waals surface area (Å²) in [7, 11) is 0. The van der Waals surface area contributed by atoms with Gasteiger partial charge in [0.25, 0.3) is 0 Å². The van der Waals surface area contributed by atoms with Crippen LogP contribution in [-0.2, 0) is 4.79 Å². The third kappa shape index (κ3) is 4.63. The van der Waals surface area contributed by atoms with E-state index in [4.69, 9.17) is 9.97 Å². The Labute approximate surface area is 197 Å². The number of anilines is 2. The number of likely N-dealkylation sites (tertiary alicyclic amines) is 1. The predicted octanol–water partition coefficient (Wildman–Crippen LogP) is 3.98. The number of carbonyl (C=O) groups is 1. The summed E-state index contributed by atoms with van der Waals surface area (Å²) in [5.74, 6) is 1.57. The normalized spacial score (nSPS) is 18.0. The van der Waals surface area contributed by atoms with E-state index in [1.165, 1.54) is 0 Å². The minimum Gasteiger partial charge on any atom is -0.340 e. The lowest BCUT2D eigenvalue weighted by atomic mass is 9.92. The van der Waals surface area contributed by atoms with Gasteiger partial charge in [-0.3, -0.25) is 9.78 Å². The van der Waals surface area contributed by atoms with Crippen molar-refractivity contribution in [3.8, 4) is 16.9 Å². The van der Waals surface area contributed by atoms with Crippen LogP contribution in [0.3, 0.4) is 0 Å². The summed E-state index contributed by atoms with van der Waals surface area (Å²) in [6.07, 6.45) is 8.84. The van der Waals surface area contributed by atoms with Crippen molar-refractivity contribution in [3.63, 3.8) is 0 Å². The molecule has 9 nitrogen and oxygen atoms in total. The predicted molar refractivity (Wildman–Crippen MR) is 129 cm³/mol. The van der Waals surface area contributed by atoms with Crippen molar-refractivity contribution in [2.45, 2.75) is 38.6 Å². The molecule has 9 heteroatoms. The zero-order valence-corrected chi connectivity index (χ0v) is 19.2. The molecule has 34 heavy (non-hydrogen) atoms. The molecule has 0 bridgehead atoms. The second-order valence-electron chi connectivity index (χ2n) is 8.56. The molecule has 1 saturated heterocycles. The molecule has 1 fully saturated rings. The van der Waals surface area contributed by atoms with E-state index in [9.17, 15) is 4.79 Å². The summed E-state index contributed by atoms with van der Waals surface area (Å²) in [6.45, 7) is 4.34. The first-order chi connectivity index (χ1) is 16.6. The highest BCUT2D eigenvalue weighted by Gasteiger charge is 2.30. The van der Waals surface area contributed by atoms with E-state index in [2.05, 4.69) is 27.5 Å². The van der Waals surface area contributed by atoms with Gasteiger partial charge in [0.05, 0.1) is 23.8 Å². The van der Waals surface area contributed by atoms with Crippen molar-refractivity contribution in [1.82, 2.24) is 34.8 Å². The Hall–Kier alpha value is -4.14. The molecule has 1 N–H and O–H groups in total. The average molecular weight is 455 g/mol. The topological polar surface area (TPSA) is 102 Å². The first-order valence-corrected chi connectivity index (χ1v) is 11.4. The number of rotatable bonds is 5. The lowest BCUT2D eigenvalue weighted by Crippen LogP contribution is -2.44. The zero-order chi connectivity index (χ0) is 23.5. The number of piperidine rings is 1. The van der Waals surface area contributed by atoms with E-state index in [1.807, 2.05) is 47.4 Å². The molecule has 3 aromatic heterocycles. The molecule has 0 radical (unpaired) electrons. The molecular weight excluding hydrogens is 428 g/mol. The van der Waals surface area contributed by atoms with E-state index in [0.717, 1.165) is 41.3 Å². The van der Waals surface area contributed by atoms with Gasteiger partial charge >= 0.3 is 0 Å². The highest BCUT2D eigenvalue weighted by molar-refractivity contribution is 5.74. The van der Waals surface area contributed by atoms with Gasteiger partial charge in [-0.1, -0.05) is 11.3 Å². The fourth-order valence-corrected chi connectivity index (χ4v) is 4.35. The summed E-state index contributed by atoms with van der Waals surface area (Å²) >= 11 is 0. The Morgan fingerprint density at radius 1 is 1.09 bits per heavy atom. The summed E-state index contributed by atoms with van der Waals surface area (Å²) in [6, 6.07) is 13.9. The minimum absolute atomic E-state index is 0.0683. The number of hydrogen-bond donors (Lipinski definition) is 1. The maximum absolute atomic E-state index is 12.2. The van der Waals surface area contributed by atoms with Crippen molar-refractivity contribution in [1.29, 1.82) is 0 Å². The highest BCUT2D eigenvalue weighted by atomic mass is 16.2. The Morgan fingerprint density at radius 3 is 2.76 bits per heavy atom. The van der Waals surface area contributed by atoms with E-state index in [0.29, 0.717) is 12.4 Å². The lowest BCUT2D eigenvalue weighted by Gasteiger charge is -2.37. The fraction of sp³-hybridized carbons (Fsp3) is 0.280. The first kappa shape index (κ1) is 21.7.